The second-order valence-corrected chi connectivity index (χ2v) is 5.29. The first kappa shape index (κ1) is 14.2. The Bertz CT molecular complexity index is 554. The standard InChI is InChI=1S/C11H14N2O4S/c1-2-18(16,17)13-9-5-3-4-8(6-9)7-10(12)11(14)15/h2-6,10,13H,1,7,12H2,(H,14,15)/t10-/m0/s1. The smallest absolute Gasteiger partial charge is 0.320 e. The van der Waals surface area contributed by atoms with Gasteiger partial charge in [0.25, 0.3) is 10.0 Å². The Labute approximate surface area is 105 Å². The number of aliphatic carboxylic acids is 1. The molecule has 0 saturated heterocycles. The summed E-state index contributed by atoms with van der Waals surface area (Å²) in [6.45, 7) is 3.17. The van der Waals surface area contributed by atoms with Crippen LogP contribution in [0.1, 0.15) is 5.56 Å². The van der Waals surface area contributed by atoms with Gasteiger partial charge in [-0.05, 0) is 24.1 Å². The summed E-state index contributed by atoms with van der Waals surface area (Å²) in [4.78, 5) is 10.6. The third-order valence-corrected chi connectivity index (χ3v) is 3.14. The second kappa shape index (κ2) is 5.65. The molecule has 0 aliphatic carbocycles. The Morgan fingerprint density at radius 1 is 1.56 bits per heavy atom. The van der Waals surface area contributed by atoms with Crippen LogP contribution in [-0.2, 0) is 21.2 Å². The number of anilines is 1. The minimum atomic E-state index is -3.57. The lowest BCUT2D eigenvalue weighted by atomic mass is 10.1. The molecule has 0 spiro atoms. The Kier molecular flexibility index (Phi) is 4.46. The van der Waals surface area contributed by atoms with Crippen LogP contribution in [0.2, 0.25) is 0 Å². The lowest BCUT2D eigenvalue weighted by Gasteiger charge is -2.09. The first-order valence-corrected chi connectivity index (χ1v) is 6.61. The van der Waals surface area contributed by atoms with Crippen LogP contribution in [0.4, 0.5) is 5.69 Å². The summed E-state index contributed by atoms with van der Waals surface area (Å²) in [5.74, 6) is -1.10. The van der Waals surface area contributed by atoms with Gasteiger partial charge < -0.3 is 10.8 Å². The summed E-state index contributed by atoms with van der Waals surface area (Å²) in [6, 6.07) is 5.36. The molecule has 18 heavy (non-hydrogen) atoms. The molecule has 1 aromatic rings. The highest BCUT2D eigenvalue weighted by Crippen LogP contribution is 2.14. The zero-order valence-corrected chi connectivity index (χ0v) is 10.4. The number of hydrogen-bond donors (Lipinski definition) is 3. The van der Waals surface area contributed by atoms with Crippen molar-refractivity contribution in [1.29, 1.82) is 0 Å². The van der Waals surface area contributed by atoms with Gasteiger partial charge >= 0.3 is 5.97 Å². The van der Waals surface area contributed by atoms with Crippen molar-refractivity contribution in [1.82, 2.24) is 0 Å². The fourth-order valence-electron chi connectivity index (χ4n) is 1.31. The lowest BCUT2D eigenvalue weighted by Crippen LogP contribution is -2.32. The summed E-state index contributed by atoms with van der Waals surface area (Å²) >= 11 is 0. The molecule has 0 aliphatic heterocycles. The van der Waals surface area contributed by atoms with Crippen LogP contribution in [-0.4, -0.2) is 25.5 Å². The minimum absolute atomic E-state index is 0.124. The van der Waals surface area contributed by atoms with Gasteiger partial charge in [-0.1, -0.05) is 18.7 Å². The van der Waals surface area contributed by atoms with E-state index in [-0.39, 0.29) is 6.42 Å². The number of rotatable bonds is 6. The fourth-order valence-corrected chi connectivity index (χ4v) is 1.85. The van der Waals surface area contributed by atoms with Gasteiger partial charge in [0.2, 0.25) is 0 Å². The van der Waals surface area contributed by atoms with E-state index in [4.69, 9.17) is 10.8 Å². The Hall–Kier alpha value is -1.86. The molecule has 4 N–H and O–H groups in total. The molecule has 6 nitrogen and oxygen atoms in total. The summed E-state index contributed by atoms with van der Waals surface area (Å²) in [5.41, 5.74) is 6.37. The number of nitrogens with one attached hydrogen (secondary N) is 1. The van der Waals surface area contributed by atoms with E-state index in [1.165, 1.54) is 6.07 Å². The monoisotopic (exact) mass is 270 g/mol. The maximum absolute atomic E-state index is 11.3. The van der Waals surface area contributed by atoms with E-state index in [0.717, 1.165) is 5.41 Å². The van der Waals surface area contributed by atoms with Crippen LogP contribution in [0, 0.1) is 0 Å². The third kappa shape index (κ3) is 4.19. The number of benzene rings is 1. The van der Waals surface area contributed by atoms with Crippen LogP contribution in [0.5, 0.6) is 0 Å². The lowest BCUT2D eigenvalue weighted by molar-refractivity contribution is -0.138. The molecule has 0 amide bonds. The van der Waals surface area contributed by atoms with Crippen LogP contribution in [0.3, 0.4) is 0 Å². The van der Waals surface area contributed by atoms with Crippen LogP contribution in [0.15, 0.2) is 36.3 Å². The Balaban J connectivity index is 2.86. The normalized spacial score (nSPS) is 12.7. The van der Waals surface area contributed by atoms with Crippen LogP contribution >= 0.6 is 0 Å². The highest BCUT2D eigenvalue weighted by Gasteiger charge is 2.12. The van der Waals surface area contributed by atoms with E-state index in [9.17, 15) is 13.2 Å². The highest BCUT2D eigenvalue weighted by atomic mass is 32.2. The maximum atomic E-state index is 11.3. The molecule has 0 aliphatic rings. The topological polar surface area (TPSA) is 109 Å². The average Bonchev–Trinajstić information content (AvgIpc) is 2.28. The van der Waals surface area contributed by atoms with Gasteiger partial charge in [-0.3, -0.25) is 9.52 Å². The van der Waals surface area contributed by atoms with Crippen molar-refractivity contribution in [3.63, 3.8) is 0 Å². The molecule has 0 radical (unpaired) electrons. The van der Waals surface area contributed by atoms with Gasteiger partial charge in [-0.2, -0.15) is 0 Å². The molecule has 0 aromatic heterocycles. The zero-order chi connectivity index (χ0) is 13.8. The second-order valence-electron chi connectivity index (χ2n) is 3.66. The number of nitrogens with two attached hydrogens (primary N) is 1. The molecule has 0 bridgehead atoms. The molecule has 1 atom stereocenters. The molecule has 7 heteroatoms. The SMILES string of the molecule is C=CS(=O)(=O)Nc1cccc(C[C@H](N)C(=O)O)c1. The molecule has 0 unspecified atom stereocenters. The van der Waals surface area contributed by atoms with Crippen molar-refractivity contribution in [3.8, 4) is 0 Å². The minimum Gasteiger partial charge on any atom is -0.480 e. The van der Waals surface area contributed by atoms with E-state index < -0.39 is 22.0 Å². The van der Waals surface area contributed by atoms with Crippen LogP contribution < -0.4 is 10.5 Å². The van der Waals surface area contributed by atoms with Gasteiger partial charge in [-0.15, -0.1) is 0 Å². The number of hydrogen-bond acceptors (Lipinski definition) is 4. The number of carboxylic acids is 1. The summed E-state index contributed by atoms with van der Waals surface area (Å²) < 4.78 is 24.8. The van der Waals surface area contributed by atoms with Crippen LogP contribution in [0.25, 0.3) is 0 Å². The number of carbonyl (C=O) groups is 1. The van der Waals surface area contributed by atoms with E-state index in [0.29, 0.717) is 11.3 Å². The van der Waals surface area contributed by atoms with Gasteiger partial charge in [0.15, 0.2) is 0 Å². The maximum Gasteiger partial charge on any atom is 0.320 e. The molecule has 1 aromatic carbocycles. The van der Waals surface area contributed by atoms with Crippen molar-refractivity contribution in [2.75, 3.05) is 4.72 Å². The third-order valence-electron chi connectivity index (χ3n) is 2.18. The Morgan fingerprint density at radius 3 is 2.78 bits per heavy atom. The van der Waals surface area contributed by atoms with Gasteiger partial charge in [0.05, 0.1) is 0 Å². The number of sulfonamides is 1. The molecule has 0 fully saturated rings. The predicted molar refractivity (Wildman–Crippen MR) is 68.5 cm³/mol. The molecule has 0 heterocycles. The molecule has 0 saturated carbocycles. The van der Waals surface area contributed by atoms with Gasteiger partial charge in [-0.25, -0.2) is 8.42 Å². The van der Waals surface area contributed by atoms with E-state index in [1.54, 1.807) is 18.2 Å². The predicted octanol–water partition coefficient (Wildman–Crippen LogP) is 0.526. The van der Waals surface area contributed by atoms with Crippen molar-refractivity contribution >= 4 is 21.7 Å². The average molecular weight is 270 g/mol. The summed E-state index contributed by atoms with van der Waals surface area (Å²) in [6.07, 6.45) is 0.124. The molecular formula is C11H14N2O4S. The van der Waals surface area contributed by atoms with E-state index in [1.807, 2.05) is 0 Å². The quantitative estimate of drug-likeness (QED) is 0.698. The fraction of sp³-hybridized carbons (Fsp3) is 0.182. The van der Waals surface area contributed by atoms with Crippen molar-refractivity contribution < 1.29 is 18.3 Å². The number of carboxylic acid groups (broad SMARTS) is 1. The van der Waals surface area contributed by atoms with E-state index in [2.05, 4.69) is 11.3 Å². The van der Waals surface area contributed by atoms with E-state index >= 15 is 0 Å². The largest absolute Gasteiger partial charge is 0.480 e. The Morgan fingerprint density at radius 2 is 2.22 bits per heavy atom. The van der Waals surface area contributed by atoms with Crippen molar-refractivity contribution in [2.24, 2.45) is 5.73 Å². The first-order valence-electron chi connectivity index (χ1n) is 5.06. The summed E-state index contributed by atoms with van der Waals surface area (Å²) in [7, 11) is -3.57. The first-order chi connectivity index (χ1) is 8.34. The van der Waals surface area contributed by atoms with Crippen molar-refractivity contribution in [2.45, 2.75) is 12.5 Å². The van der Waals surface area contributed by atoms with Crippen molar-refractivity contribution in [3.05, 3.63) is 41.8 Å². The highest BCUT2D eigenvalue weighted by molar-refractivity contribution is 7.95. The van der Waals surface area contributed by atoms with Gasteiger partial charge in [0.1, 0.15) is 6.04 Å². The van der Waals surface area contributed by atoms with Gasteiger partial charge in [0, 0.05) is 11.1 Å². The molecule has 1 rings (SSSR count). The summed E-state index contributed by atoms with van der Waals surface area (Å²) in [5, 5.41) is 9.48. The molecular weight excluding hydrogens is 256 g/mol. The molecule has 98 valence electrons. The zero-order valence-electron chi connectivity index (χ0n) is 9.54.